The van der Waals surface area contributed by atoms with Crippen LogP contribution in [0.25, 0.3) is 0 Å². The Morgan fingerprint density at radius 1 is 1.62 bits per heavy atom. The lowest BCUT2D eigenvalue weighted by Gasteiger charge is -2.07. The number of hydrogen-bond donors (Lipinski definition) is 2. The number of esters is 1. The first kappa shape index (κ1) is 9.83. The van der Waals surface area contributed by atoms with Gasteiger partial charge in [0.1, 0.15) is 5.56 Å². The van der Waals surface area contributed by atoms with Crippen molar-refractivity contribution in [3.63, 3.8) is 0 Å². The van der Waals surface area contributed by atoms with E-state index >= 15 is 0 Å². The number of ether oxygens (including phenoxy) is 1. The number of nitrogens with one attached hydrogen (secondary N) is 1. The Balaban J connectivity index is 3.22. The second kappa shape index (κ2) is 4.11. The summed E-state index contributed by atoms with van der Waals surface area (Å²) >= 11 is 5.79. The first-order chi connectivity index (χ1) is 6.20. The predicted octanol–water partition coefficient (Wildman–Crippen LogP) is 1.41. The molecule has 1 aromatic rings. The van der Waals surface area contributed by atoms with Crippen LogP contribution in [0.3, 0.4) is 0 Å². The summed E-state index contributed by atoms with van der Waals surface area (Å²) in [6.07, 6.45) is 0. The molecule has 1 aromatic carbocycles. The Hall–Kier alpha value is -1.26. The lowest BCUT2D eigenvalue weighted by molar-refractivity contribution is 0.0602. The largest absolute Gasteiger partial charge is 0.465 e. The molecule has 3 N–H and O–H groups in total. The van der Waals surface area contributed by atoms with Gasteiger partial charge in [-0.3, -0.25) is 5.84 Å². The fourth-order valence-electron chi connectivity index (χ4n) is 0.954. The molecule has 13 heavy (non-hydrogen) atoms. The summed E-state index contributed by atoms with van der Waals surface area (Å²) in [6.45, 7) is 0. The van der Waals surface area contributed by atoms with Crippen LogP contribution in [0.15, 0.2) is 18.2 Å². The Morgan fingerprint density at radius 3 is 2.85 bits per heavy atom. The molecule has 0 fully saturated rings. The first-order valence-corrected chi connectivity index (χ1v) is 3.92. The van der Waals surface area contributed by atoms with E-state index in [1.807, 2.05) is 0 Å². The van der Waals surface area contributed by atoms with Crippen molar-refractivity contribution in [2.45, 2.75) is 0 Å². The maximum atomic E-state index is 11.2. The van der Waals surface area contributed by atoms with Crippen molar-refractivity contribution in [1.29, 1.82) is 0 Å². The van der Waals surface area contributed by atoms with Gasteiger partial charge in [-0.05, 0) is 12.1 Å². The molecule has 0 aromatic heterocycles. The van der Waals surface area contributed by atoms with Crippen molar-refractivity contribution in [3.05, 3.63) is 28.8 Å². The molecule has 0 saturated heterocycles. The van der Waals surface area contributed by atoms with Crippen LogP contribution in [0, 0.1) is 0 Å². The third kappa shape index (κ3) is 1.91. The molecule has 0 radical (unpaired) electrons. The maximum Gasteiger partial charge on any atom is 0.341 e. The van der Waals surface area contributed by atoms with E-state index in [-0.39, 0.29) is 5.56 Å². The van der Waals surface area contributed by atoms with Crippen LogP contribution < -0.4 is 11.3 Å². The van der Waals surface area contributed by atoms with Crippen molar-refractivity contribution in [2.75, 3.05) is 12.5 Å². The standard InChI is InChI=1S/C8H9ClN2O2/c1-13-8(12)7-5(9)3-2-4-6(7)11-10/h2-4,11H,10H2,1H3. The molecular weight excluding hydrogens is 192 g/mol. The summed E-state index contributed by atoms with van der Waals surface area (Å²) in [5.41, 5.74) is 3.05. The van der Waals surface area contributed by atoms with Crippen LogP contribution in [0.4, 0.5) is 5.69 Å². The van der Waals surface area contributed by atoms with E-state index in [1.165, 1.54) is 7.11 Å². The number of hydrogen-bond acceptors (Lipinski definition) is 4. The quantitative estimate of drug-likeness (QED) is 0.431. The van der Waals surface area contributed by atoms with Crippen molar-refractivity contribution in [1.82, 2.24) is 0 Å². The summed E-state index contributed by atoms with van der Waals surface area (Å²) in [4.78, 5) is 11.2. The molecule has 1 rings (SSSR count). The van der Waals surface area contributed by atoms with Gasteiger partial charge in [0.2, 0.25) is 0 Å². The minimum Gasteiger partial charge on any atom is -0.465 e. The molecule has 0 bridgehead atoms. The summed E-state index contributed by atoms with van der Waals surface area (Å²) < 4.78 is 4.54. The van der Waals surface area contributed by atoms with Crippen LogP contribution in [0.5, 0.6) is 0 Å². The number of carbonyl (C=O) groups excluding carboxylic acids is 1. The third-order valence-electron chi connectivity index (χ3n) is 1.56. The van der Waals surface area contributed by atoms with E-state index in [1.54, 1.807) is 18.2 Å². The number of carbonyl (C=O) groups is 1. The second-order valence-corrected chi connectivity index (χ2v) is 2.71. The van der Waals surface area contributed by atoms with E-state index in [4.69, 9.17) is 17.4 Å². The highest BCUT2D eigenvalue weighted by Crippen LogP contribution is 2.24. The molecule has 4 nitrogen and oxygen atoms in total. The van der Waals surface area contributed by atoms with Gasteiger partial charge in [-0.15, -0.1) is 0 Å². The molecule has 0 atom stereocenters. The van der Waals surface area contributed by atoms with Gasteiger partial charge in [0.05, 0.1) is 17.8 Å². The highest BCUT2D eigenvalue weighted by Gasteiger charge is 2.14. The van der Waals surface area contributed by atoms with Crippen molar-refractivity contribution >= 4 is 23.3 Å². The van der Waals surface area contributed by atoms with Gasteiger partial charge in [-0.1, -0.05) is 17.7 Å². The third-order valence-corrected chi connectivity index (χ3v) is 1.87. The number of anilines is 1. The fraction of sp³-hybridized carbons (Fsp3) is 0.125. The van der Waals surface area contributed by atoms with Crippen LogP contribution in [-0.4, -0.2) is 13.1 Å². The minimum absolute atomic E-state index is 0.245. The van der Waals surface area contributed by atoms with Crippen LogP contribution in [0.2, 0.25) is 5.02 Å². The number of nitrogens with two attached hydrogens (primary N) is 1. The molecule has 0 aliphatic rings. The summed E-state index contributed by atoms with van der Waals surface area (Å²) in [7, 11) is 1.28. The molecule has 0 unspecified atom stereocenters. The molecule has 0 saturated carbocycles. The lowest BCUT2D eigenvalue weighted by atomic mass is 10.2. The minimum atomic E-state index is -0.515. The monoisotopic (exact) mass is 200 g/mol. The molecule has 70 valence electrons. The zero-order chi connectivity index (χ0) is 9.84. The van der Waals surface area contributed by atoms with E-state index in [9.17, 15) is 4.79 Å². The van der Waals surface area contributed by atoms with Crippen LogP contribution >= 0.6 is 11.6 Å². The SMILES string of the molecule is COC(=O)c1c(Cl)cccc1NN. The van der Waals surface area contributed by atoms with E-state index in [2.05, 4.69) is 10.2 Å². The van der Waals surface area contributed by atoms with Crippen molar-refractivity contribution in [3.8, 4) is 0 Å². The zero-order valence-corrected chi connectivity index (χ0v) is 7.76. The summed E-state index contributed by atoms with van der Waals surface area (Å²) in [6, 6.07) is 4.91. The number of benzene rings is 1. The first-order valence-electron chi connectivity index (χ1n) is 3.54. The van der Waals surface area contributed by atoms with E-state index < -0.39 is 5.97 Å². The molecular formula is C8H9ClN2O2. The van der Waals surface area contributed by atoms with E-state index in [0.717, 1.165) is 0 Å². The van der Waals surface area contributed by atoms with Gasteiger partial charge < -0.3 is 10.2 Å². The molecule has 0 aliphatic heterocycles. The summed E-state index contributed by atoms with van der Waals surface area (Å²) in [5.74, 6) is 4.68. The average molecular weight is 201 g/mol. The summed E-state index contributed by atoms with van der Waals surface area (Å²) in [5, 5.41) is 0.308. The predicted molar refractivity (Wildman–Crippen MR) is 50.6 cm³/mol. The van der Waals surface area contributed by atoms with Gasteiger partial charge >= 0.3 is 5.97 Å². The van der Waals surface area contributed by atoms with Crippen LogP contribution in [0.1, 0.15) is 10.4 Å². The Morgan fingerprint density at radius 2 is 2.31 bits per heavy atom. The normalized spacial score (nSPS) is 9.46. The molecule has 5 heteroatoms. The van der Waals surface area contributed by atoms with E-state index in [0.29, 0.717) is 10.7 Å². The number of hydrazine groups is 1. The number of rotatable bonds is 2. The number of methoxy groups -OCH3 is 1. The number of nitrogen functional groups attached to an aromatic ring is 1. The molecule has 0 spiro atoms. The van der Waals surface area contributed by atoms with Gasteiger partial charge in [0.25, 0.3) is 0 Å². The molecule has 0 amide bonds. The van der Waals surface area contributed by atoms with Crippen LogP contribution in [-0.2, 0) is 4.74 Å². The van der Waals surface area contributed by atoms with Gasteiger partial charge in [0.15, 0.2) is 0 Å². The highest BCUT2D eigenvalue weighted by atomic mass is 35.5. The second-order valence-electron chi connectivity index (χ2n) is 2.30. The average Bonchev–Trinajstić information content (AvgIpc) is 2.16. The Labute approximate surface area is 80.6 Å². The number of halogens is 1. The van der Waals surface area contributed by atoms with Gasteiger partial charge in [0, 0.05) is 0 Å². The topological polar surface area (TPSA) is 64.3 Å². The Kier molecular flexibility index (Phi) is 3.11. The van der Waals surface area contributed by atoms with Gasteiger partial charge in [-0.25, -0.2) is 4.79 Å². The molecule has 0 heterocycles. The lowest BCUT2D eigenvalue weighted by Crippen LogP contribution is -2.13. The highest BCUT2D eigenvalue weighted by molar-refractivity contribution is 6.34. The fourth-order valence-corrected chi connectivity index (χ4v) is 1.21. The van der Waals surface area contributed by atoms with Crippen molar-refractivity contribution in [2.24, 2.45) is 5.84 Å². The maximum absolute atomic E-state index is 11.2. The van der Waals surface area contributed by atoms with Crippen molar-refractivity contribution < 1.29 is 9.53 Å². The smallest absolute Gasteiger partial charge is 0.341 e. The zero-order valence-electron chi connectivity index (χ0n) is 7.00. The molecule has 0 aliphatic carbocycles. The van der Waals surface area contributed by atoms with Gasteiger partial charge in [-0.2, -0.15) is 0 Å². The Bertz CT molecular complexity index is 328.